The van der Waals surface area contributed by atoms with Gasteiger partial charge < -0.3 is 5.32 Å². The molecular weight excluding hydrogens is 242 g/mol. The second-order valence-electron chi connectivity index (χ2n) is 6.52. The van der Waals surface area contributed by atoms with Crippen molar-refractivity contribution in [3.63, 3.8) is 0 Å². The molecule has 1 aromatic carbocycles. The van der Waals surface area contributed by atoms with Crippen LogP contribution >= 0.6 is 0 Å². The molecule has 1 aliphatic rings. The zero-order chi connectivity index (χ0) is 14.4. The monoisotopic (exact) mass is 273 g/mol. The smallest absolute Gasteiger partial charge is 0.0348 e. The van der Waals surface area contributed by atoms with E-state index in [4.69, 9.17) is 0 Å². The summed E-state index contributed by atoms with van der Waals surface area (Å²) in [5.41, 5.74) is 2.87. The van der Waals surface area contributed by atoms with E-state index in [0.29, 0.717) is 6.04 Å². The fourth-order valence-corrected chi connectivity index (χ4v) is 3.86. The maximum absolute atomic E-state index is 3.74. The van der Waals surface area contributed by atoms with Gasteiger partial charge in [0.15, 0.2) is 0 Å². The normalized spacial score (nSPS) is 24.6. The van der Waals surface area contributed by atoms with Crippen molar-refractivity contribution in [3.05, 3.63) is 35.4 Å². The molecule has 1 aromatic rings. The molecule has 1 N–H and O–H groups in total. The van der Waals surface area contributed by atoms with Crippen molar-refractivity contribution in [1.82, 2.24) is 5.32 Å². The van der Waals surface area contributed by atoms with Gasteiger partial charge in [-0.05, 0) is 43.7 Å². The third-order valence-electron chi connectivity index (χ3n) is 4.89. The van der Waals surface area contributed by atoms with E-state index >= 15 is 0 Å². The van der Waals surface area contributed by atoms with Crippen molar-refractivity contribution in [2.45, 2.75) is 65.3 Å². The predicted octanol–water partition coefficient (Wildman–Crippen LogP) is 5.25. The van der Waals surface area contributed by atoms with Gasteiger partial charge in [0.1, 0.15) is 0 Å². The van der Waals surface area contributed by atoms with Gasteiger partial charge in [-0.15, -0.1) is 0 Å². The van der Waals surface area contributed by atoms with Gasteiger partial charge in [-0.1, -0.05) is 69.4 Å². The molecule has 2 rings (SSSR count). The van der Waals surface area contributed by atoms with Crippen LogP contribution in [0.25, 0.3) is 0 Å². The Balaban J connectivity index is 2.02. The largest absolute Gasteiger partial charge is 0.310 e. The number of aryl methyl sites for hydroxylation is 1. The SMILES string of the molecule is CCCC1CCC(C(NCC)c2cccc(C)c2)CC1. The second kappa shape index (κ2) is 7.83. The summed E-state index contributed by atoms with van der Waals surface area (Å²) < 4.78 is 0. The highest BCUT2D eigenvalue weighted by atomic mass is 14.9. The molecule has 0 radical (unpaired) electrons. The molecule has 1 aliphatic carbocycles. The highest BCUT2D eigenvalue weighted by molar-refractivity contribution is 5.25. The van der Waals surface area contributed by atoms with Gasteiger partial charge in [-0.25, -0.2) is 0 Å². The summed E-state index contributed by atoms with van der Waals surface area (Å²) in [5, 5.41) is 3.74. The molecule has 0 heterocycles. The maximum atomic E-state index is 3.74. The molecule has 0 spiro atoms. The predicted molar refractivity (Wildman–Crippen MR) is 88.0 cm³/mol. The molecule has 0 bridgehead atoms. The Labute approximate surface area is 125 Å². The summed E-state index contributed by atoms with van der Waals surface area (Å²) in [6, 6.07) is 9.63. The van der Waals surface area contributed by atoms with Gasteiger partial charge in [0, 0.05) is 6.04 Å². The Morgan fingerprint density at radius 1 is 1.15 bits per heavy atom. The van der Waals surface area contributed by atoms with Crippen LogP contribution in [-0.2, 0) is 0 Å². The van der Waals surface area contributed by atoms with Crippen molar-refractivity contribution in [2.75, 3.05) is 6.54 Å². The lowest BCUT2D eigenvalue weighted by Crippen LogP contribution is -2.31. The maximum Gasteiger partial charge on any atom is 0.0348 e. The molecule has 1 fully saturated rings. The van der Waals surface area contributed by atoms with E-state index in [0.717, 1.165) is 18.4 Å². The van der Waals surface area contributed by atoms with E-state index in [2.05, 4.69) is 50.4 Å². The van der Waals surface area contributed by atoms with Crippen molar-refractivity contribution >= 4 is 0 Å². The van der Waals surface area contributed by atoms with Gasteiger partial charge in [0.2, 0.25) is 0 Å². The average Bonchev–Trinajstić information content (AvgIpc) is 2.46. The quantitative estimate of drug-likeness (QED) is 0.746. The zero-order valence-electron chi connectivity index (χ0n) is 13.5. The van der Waals surface area contributed by atoms with Crippen LogP contribution in [0.3, 0.4) is 0 Å². The second-order valence-corrected chi connectivity index (χ2v) is 6.52. The first-order valence-corrected chi connectivity index (χ1v) is 8.54. The van der Waals surface area contributed by atoms with Crippen LogP contribution in [0.2, 0.25) is 0 Å². The lowest BCUT2D eigenvalue weighted by Gasteiger charge is -2.34. The topological polar surface area (TPSA) is 12.0 Å². The summed E-state index contributed by atoms with van der Waals surface area (Å²) in [7, 11) is 0. The van der Waals surface area contributed by atoms with Crippen LogP contribution in [0.15, 0.2) is 24.3 Å². The number of hydrogen-bond acceptors (Lipinski definition) is 1. The molecule has 20 heavy (non-hydrogen) atoms. The fraction of sp³-hybridized carbons (Fsp3) is 0.684. The van der Waals surface area contributed by atoms with Crippen molar-refractivity contribution in [1.29, 1.82) is 0 Å². The molecule has 0 aromatic heterocycles. The molecule has 0 saturated heterocycles. The number of benzene rings is 1. The van der Waals surface area contributed by atoms with Gasteiger partial charge >= 0.3 is 0 Å². The fourth-order valence-electron chi connectivity index (χ4n) is 3.86. The minimum absolute atomic E-state index is 0.558. The Kier molecular flexibility index (Phi) is 6.09. The summed E-state index contributed by atoms with van der Waals surface area (Å²) in [6.07, 6.45) is 8.46. The lowest BCUT2D eigenvalue weighted by atomic mass is 9.75. The first kappa shape index (κ1) is 15.6. The van der Waals surface area contributed by atoms with E-state index in [-0.39, 0.29) is 0 Å². The van der Waals surface area contributed by atoms with Gasteiger partial charge in [0.05, 0.1) is 0 Å². The van der Waals surface area contributed by atoms with Gasteiger partial charge in [-0.2, -0.15) is 0 Å². The van der Waals surface area contributed by atoms with Crippen molar-refractivity contribution in [2.24, 2.45) is 11.8 Å². The molecule has 0 aliphatic heterocycles. The molecule has 1 saturated carbocycles. The molecule has 1 unspecified atom stereocenters. The van der Waals surface area contributed by atoms with E-state index in [1.165, 1.54) is 49.7 Å². The molecule has 0 amide bonds. The first-order valence-electron chi connectivity index (χ1n) is 8.54. The summed E-state index contributed by atoms with van der Waals surface area (Å²) >= 11 is 0. The minimum atomic E-state index is 0.558. The van der Waals surface area contributed by atoms with E-state index in [1.807, 2.05) is 0 Å². The molecule has 112 valence electrons. The Morgan fingerprint density at radius 2 is 1.90 bits per heavy atom. The average molecular weight is 273 g/mol. The van der Waals surface area contributed by atoms with E-state index < -0.39 is 0 Å². The Morgan fingerprint density at radius 3 is 2.50 bits per heavy atom. The van der Waals surface area contributed by atoms with Crippen LogP contribution in [0.5, 0.6) is 0 Å². The third kappa shape index (κ3) is 4.09. The van der Waals surface area contributed by atoms with Crippen LogP contribution < -0.4 is 5.32 Å². The Hall–Kier alpha value is -0.820. The third-order valence-corrected chi connectivity index (χ3v) is 4.89. The van der Waals surface area contributed by atoms with Crippen LogP contribution in [0, 0.1) is 18.8 Å². The molecular formula is C19H31N. The minimum Gasteiger partial charge on any atom is -0.310 e. The standard InChI is InChI=1S/C19H31N/c1-4-7-16-10-12-17(13-11-16)19(20-5-2)18-9-6-8-15(3)14-18/h6,8-9,14,16-17,19-20H,4-5,7,10-13H2,1-3H3. The summed E-state index contributed by atoms with van der Waals surface area (Å²) in [4.78, 5) is 0. The van der Waals surface area contributed by atoms with Crippen LogP contribution in [0.1, 0.15) is 69.5 Å². The summed E-state index contributed by atoms with van der Waals surface area (Å²) in [6.45, 7) is 7.81. The lowest BCUT2D eigenvalue weighted by molar-refractivity contribution is 0.215. The highest BCUT2D eigenvalue weighted by Crippen LogP contribution is 2.38. The number of hydrogen-bond donors (Lipinski definition) is 1. The first-order chi connectivity index (χ1) is 9.74. The molecule has 1 nitrogen and oxygen atoms in total. The highest BCUT2D eigenvalue weighted by Gasteiger charge is 2.27. The molecule has 1 heteroatoms. The van der Waals surface area contributed by atoms with Crippen LogP contribution in [-0.4, -0.2) is 6.54 Å². The van der Waals surface area contributed by atoms with Gasteiger partial charge in [-0.3, -0.25) is 0 Å². The number of rotatable bonds is 6. The van der Waals surface area contributed by atoms with Gasteiger partial charge in [0.25, 0.3) is 0 Å². The van der Waals surface area contributed by atoms with Crippen molar-refractivity contribution < 1.29 is 0 Å². The van der Waals surface area contributed by atoms with Crippen molar-refractivity contribution in [3.8, 4) is 0 Å². The molecule has 1 atom stereocenters. The van der Waals surface area contributed by atoms with E-state index in [9.17, 15) is 0 Å². The Bertz CT molecular complexity index is 391. The van der Waals surface area contributed by atoms with E-state index in [1.54, 1.807) is 0 Å². The summed E-state index contributed by atoms with van der Waals surface area (Å²) in [5.74, 6) is 1.82. The number of nitrogens with one attached hydrogen (secondary N) is 1. The van der Waals surface area contributed by atoms with Crippen LogP contribution in [0.4, 0.5) is 0 Å². The zero-order valence-corrected chi connectivity index (χ0v) is 13.5.